The predicted molar refractivity (Wildman–Crippen MR) is 125 cm³/mol. The molecule has 1 aromatic carbocycles. The summed E-state index contributed by atoms with van der Waals surface area (Å²) in [5, 5.41) is 4.54. The Hall–Kier alpha value is -2.93. The van der Waals surface area contributed by atoms with Crippen molar-refractivity contribution in [3.8, 4) is 5.75 Å². The molecule has 0 N–H and O–H groups in total. The molecule has 1 fully saturated rings. The standard InChI is InChI=1S/C25H33N5O2/c1-18-16-24-26-19(2)23(20(3)30(24)27-18)10-11-25(31)29-13-5-12-28(14-15-29)17-21-6-8-22(32-4)9-7-21/h6-9,16H,5,10-15,17H2,1-4H3. The number of rotatable bonds is 6. The minimum Gasteiger partial charge on any atom is -0.497 e. The maximum absolute atomic E-state index is 13.0. The summed E-state index contributed by atoms with van der Waals surface area (Å²) in [5.74, 6) is 1.11. The maximum atomic E-state index is 13.0. The molecule has 1 aliphatic heterocycles. The summed E-state index contributed by atoms with van der Waals surface area (Å²) in [7, 11) is 1.69. The summed E-state index contributed by atoms with van der Waals surface area (Å²) in [6.07, 6.45) is 2.21. The van der Waals surface area contributed by atoms with Crippen LogP contribution in [0.1, 0.15) is 41.1 Å². The zero-order chi connectivity index (χ0) is 22.7. The Bertz CT molecular complexity index is 1090. The van der Waals surface area contributed by atoms with Crippen molar-refractivity contribution in [2.45, 2.75) is 46.6 Å². The van der Waals surface area contributed by atoms with Crippen LogP contribution in [-0.4, -0.2) is 63.6 Å². The highest BCUT2D eigenvalue weighted by Crippen LogP contribution is 2.18. The topological polar surface area (TPSA) is 63.0 Å². The molecule has 7 heteroatoms. The SMILES string of the molecule is COc1ccc(CN2CCCN(C(=O)CCc3c(C)nc4cc(C)nn4c3C)CC2)cc1. The normalized spacial score (nSPS) is 15.2. The van der Waals surface area contributed by atoms with E-state index in [9.17, 15) is 4.79 Å². The monoisotopic (exact) mass is 435 g/mol. The minimum absolute atomic E-state index is 0.229. The number of carbonyl (C=O) groups is 1. The summed E-state index contributed by atoms with van der Waals surface area (Å²) < 4.78 is 7.14. The molecule has 0 bridgehead atoms. The van der Waals surface area contributed by atoms with E-state index in [1.807, 2.05) is 41.5 Å². The van der Waals surface area contributed by atoms with Gasteiger partial charge < -0.3 is 9.64 Å². The summed E-state index contributed by atoms with van der Waals surface area (Å²) in [6, 6.07) is 10.2. The molecule has 1 aliphatic rings. The summed E-state index contributed by atoms with van der Waals surface area (Å²) in [5.41, 5.74) is 6.30. The number of aromatic nitrogens is 3. The largest absolute Gasteiger partial charge is 0.497 e. The lowest BCUT2D eigenvalue weighted by molar-refractivity contribution is -0.131. The molecule has 0 radical (unpaired) electrons. The molecule has 1 amide bonds. The van der Waals surface area contributed by atoms with Crippen LogP contribution in [0.4, 0.5) is 0 Å². The average molecular weight is 436 g/mol. The number of hydrogen-bond acceptors (Lipinski definition) is 5. The zero-order valence-electron chi connectivity index (χ0n) is 19.6. The Balaban J connectivity index is 1.33. The van der Waals surface area contributed by atoms with Crippen molar-refractivity contribution in [3.63, 3.8) is 0 Å². The van der Waals surface area contributed by atoms with Crippen molar-refractivity contribution in [2.75, 3.05) is 33.3 Å². The zero-order valence-corrected chi connectivity index (χ0v) is 19.6. The van der Waals surface area contributed by atoms with E-state index in [1.54, 1.807) is 7.11 Å². The van der Waals surface area contributed by atoms with E-state index in [-0.39, 0.29) is 5.91 Å². The van der Waals surface area contributed by atoms with Crippen LogP contribution >= 0.6 is 0 Å². The lowest BCUT2D eigenvalue weighted by Gasteiger charge is -2.22. The number of amides is 1. The van der Waals surface area contributed by atoms with Gasteiger partial charge in [0.15, 0.2) is 5.65 Å². The second kappa shape index (κ2) is 9.69. The first-order valence-electron chi connectivity index (χ1n) is 11.4. The maximum Gasteiger partial charge on any atom is 0.222 e. The molecule has 3 heterocycles. The highest BCUT2D eigenvalue weighted by Gasteiger charge is 2.20. The van der Waals surface area contributed by atoms with Crippen LogP contribution < -0.4 is 4.74 Å². The highest BCUT2D eigenvalue weighted by atomic mass is 16.5. The average Bonchev–Trinajstić information content (AvgIpc) is 3.00. The van der Waals surface area contributed by atoms with Gasteiger partial charge in [0.25, 0.3) is 0 Å². The Labute approximate surface area is 190 Å². The van der Waals surface area contributed by atoms with Crippen molar-refractivity contribution in [1.29, 1.82) is 0 Å². The number of aryl methyl sites for hydroxylation is 3. The third-order valence-corrected chi connectivity index (χ3v) is 6.38. The van der Waals surface area contributed by atoms with Gasteiger partial charge >= 0.3 is 0 Å². The van der Waals surface area contributed by atoms with Crippen molar-refractivity contribution in [3.05, 3.63) is 58.5 Å². The van der Waals surface area contributed by atoms with Gasteiger partial charge in [-0.25, -0.2) is 9.50 Å². The molecule has 3 aromatic rings. The van der Waals surface area contributed by atoms with E-state index >= 15 is 0 Å². The molecule has 0 unspecified atom stereocenters. The van der Waals surface area contributed by atoms with Crippen molar-refractivity contribution >= 4 is 11.6 Å². The number of nitrogens with zero attached hydrogens (tertiary/aromatic N) is 5. The molecule has 7 nitrogen and oxygen atoms in total. The fraction of sp³-hybridized carbons (Fsp3) is 0.480. The first-order chi connectivity index (χ1) is 15.4. The molecule has 170 valence electrons. The second-order valence-corrected chi connectivity index (χ2v) is 8.68. The number of ether oxygens (including phenoxy) is 1. The Kier molecular flexibility index (Phi) is 6.74. The molecule has 1 saturated heterocycles. The number of fused-ring (bicyclic) bond motifs is 1. The smallest absolute Gasteiger partial charge is 0.222 e. The number of benzene rings is 1. The van der Waals surface area contributed by atoms with Gasteiger partial charge in [-0.3, -0.25) is 9.69 Å². The summed E-state index contributed by atoms with van der Waals surface area (Å²) in [4.78, 5) is 22.1. The van der Waals surface area contributed by atoms with Gasteiger partial charge in [0.1, 0.15) is 5.75 Å². The van der Waals surface area contributed by atoms with Gasteiger partial charge in [0.05, 0.1) is 12.8 Å². The lowest BCUT2D eigenvalue weighted by Crippen LogP contribution is -2.35. The molecular formula is C25H33N5O2. The van der Waals surface area contributed by atoms with E-state index in [1.165, 1.54) is 5.56 Å². The van der Waals surface area contributed by atoms with Crippen LogP contribution in [0.5, 0.6) is 5.75 Å². The summed E-state index contributed by atoms with van der Waals surface area (Å²) in [6.45, 7) is 10.5. The van der Waals surface area contributed by atoms with Crippen LogP contribution in [0.25, 0.3) is 5.65 Å². The summed E-state index contributed by atoms with van der Waals surface area (Å²) >= 11 is 0. The quantitative estimate of drug-likeness (QED) is 0.594. The fourth-order valence-corrected chi connectivity index (χ4v) is 4.56. The molecule has 2 aromatic heterocycles. The number of carbonyl (C=O) groups excluding carboxylic acids is 1. The van der Waals surface area contributed by atoms with Gasteiger partial charge in [0, 0.05) is 56.6 Å². The van der Waals surface area contributed by atoms with Crippen molar-refractivity contribution in [1.82, 2.24) is 24.4 Å². The van der Waals surface area contributed by atoms with Crippen LogP contribution in [0.2, 0.25) is 0 Å². The predicted octanol–water partition coefficient (Wildman–Crippen LogP) is 3.33. The van der Waals surface area contributed by atoms with Crippen molar-refractivity contribution < 1.29 is 9.53 Å². The molecule has 0 saturated carbocycles. The van der Waals surface area contributed by atoms with E-state index in [0.717, 1.165) is 73.2 Å². The van der Waals surface area contributed by atoms with Crippen LogP contribution in [-0.2, 0) is 17.8 Å². The molecular weight excluding hydrogens is 402 g/mol. The van der Waals surface area contributed by atoms with Crippen LogP contribution in [0.3, 0.4) is 0 Å². The minimum atomic E-state index is 0.229. The Morgan fingerprint density at radius 3 is 2.59 bits per heavy atom. The Morgan fingerprint density at radius 1 is 1.06 bits per heavy atom. The third-order valence-electron chi connectivity index (χ3n) is 6.38. The lowest BCUT2D eigenvalue weighted by atomic mass is 10.1. The van der Waals surface area contributed by atoms with Gasteiger partial charge in [-0.15, -0.1) is 0 Å². The van der Waals surface area contributed by atoms with E-state index < -0.39 is 0 Å². The molecule has 0 atom stereocenters. The van der Waals surface area contributed by atoms with Gasteiger partial charge in [0.2, 0.25) is 5.91 Å². The Morgan fingerprint density at radius 2 is 1.84 bits per heavy atom. The first-order valence-corrected chi connectivity index (χ1v) is 11.4. The fourth-order valence-electron chi connectivity index (χ4n) is 4.56. The van der Waals surface area contributed by atoms with Crippen LogP contribution in [0.15, 0.2) is 30.3 Å². The van der Waals surface area contributed by atoms with Crippen molar-refractivity contribution in [2.24, 2.45) is 0 Å². The van der Waals surface area contributed by atoms with E-state index in [0.29, 0.717) is 12.8 Å². The van der Waals surface area contributed by atoms with E-state index in [4.69, 9.17) is 4.74 Å². The molecule has 4 rings (SSSR count). The number of methoxy groups -OCH3 is 1. The molecule has 0 aliphatic carbocycles. The second-order valence-electron chi connectivity index (χ2n) is 8.68. The van der Waals surface area contributed by atoms with Crippen LogP contribution in [0, 0.1) is 20.8 Å². The van der Waals surface area contributed by atoms with Gasteiger partial charge in [-0.2, -0.15) is 5.10 Å². The van der Waals surface area contributed by atoms with Gasteiger partial charge in [-0.05, 0) is 56.9 Å². The third kappa shape index (κ3) is 4.93. The first kappa shape index (κ1) is 22.3. The highest BCUT2D eigenvalue weighted by molar-refractivity contribution is 5.76. The molecule has 32 heavy (non-hydrogen) atoms. The molecule has 0 spiro atoms. The van der Waals surface area contributed by atoms with Gasteiger partial charge in [-0.1, -0.05) is 12.1 Å². The number of hydrogen-bond donors (Lipinski definition) is 0. The van der Waals surface area contributed by atoms with E-state index in [2.05, 4.69) is 34.0 Å².